The van der Waals surface area contributed by atoms with E-state index in [-0.39, 0.29) is 22.8 Å². The number of hydrogen-bond acceptors (Lipinski definition) is 4. The van der Waals surface area contributed by atoms with Crippen molar-refractivity contribution in [3.8, 4) is 5.75 Å². The summed E-state index contributed by atoms with van der Waals surface area (Å²) in [5.74, 6) is -0.248. The number of benzene rings is 1. The van der Waals surface area contributed by atoms with Crippen molar-refractivity contribution in [1.29, 1.82) is 0 Å². The minimum Gasteiger partial charge on any atom is -0.507 e. The van der Waals surface area contributed by atoms with Gasteiger partial charge in [0, 0.05) is 0 Å². The summed E-state index contributed by atoms with van der Waals surface area (Å²) in [7, 11) is 0. The average molecular weight is 351 g/mol. The van der Waals surface area contributed by atoms with Gasteiger partial charge in [0.15, 0.2) is 0 Å². The molecule has 1 fully saturated rings. The van der Waals surface area contributed by atoms with Crippen molar-refractivity contribution >= 4 is 22.8 Å². The number of hydrogen-bond donors (Lipinski definition) is 1. The Morgan fingerprint density at radius 2 is 2.04 bits per heavy atom. The zero-order valence-corrected chi connectivity index (χ0v) is 14.8. The van der Waals surface area contributed by atoms with Crippen LogP contribution in [0.5, 0.6) is 5.75 Å². The highest BCUT2D eigenvalue weighted by Gasteiger charge is 2.35. The zero-order valence-electron chi connectivity index (χ0n) is 14.0. The van der Waals surface area contributed by atoms with E-state index >= 15 is 0 Å². The van der Waals surface area contributed by atoms with Crippen molar-refractivity contribution in [2.24, 2.45) is 11.3 Å². The first-order valence-corrected chi connectivity index (χ1v) is 8.49. The Morgan fingerprint density at radius 1 is 1.33 bits per heavy atom. The van der Waals surface area contributed by atoms with Crippen molar-refractivity contribution < 1.29 is 19.4 Å². The topological polar surface area (TPSA) is 63.6 Å². The SMILES string of the molecule is CC1(C)CC(C/C=C/C(=O)Cl)CC(OC(=O)c2ccccc2O)C1. The third-order valence-corrected chi connectivity index (χ3v) is 4.46. The van der Waals surface area contributed by atoms with Gasteiger partial charge >= 0.3 is 5.97 Å². The molecule has 1 aromatic carbocycles. The third kappa shape index (κ3) is 5.38. The number of phenolic OH excluding ortho intramolecular Hbond substituents is 1. The molecule has 130 valence electrons. The number of phenols is 1. The second-order valence-electron chi connectivity index (χ2n) is 7.16. The van der Waals surface area contributed by atoms with E-state index in [1.807, 2.05) is 0 Å². The summed E-state index contributed by atoms with van der Waals surface area (Å²) in [5.41, 5.74) is 0.232. The molecule has 0 heterocycles. The minimum atomic E-state index is -0.499. The van der Waals surface area contributed by atoms with Crippen molar-refractivity contribution in [1.82, 2.24) is 0 Å². The summed E-state index contributed by atoms with van der Waals surface area (Å²) in [6.45, 7) is 4.30. The lowest BCUT2D eigenvalue weighted by molar-refractivity contribution is -0.107. The van der Waals surface area contributed by atoms with E-state index in [9.17, 15) is 14.7 Å². The fraction of sp³-hybridized carbons (Fsp3) is 0.474. The van der Waals surface area contributed by atoms with E-state index in [1.165, 1.54) is 12.1 Å². The monoisotopic (exact) mass is 350 g/mol. The molecule has 5 heteroatoms. The maximum Gasteiger partial charge on any atom is 0.342 e. The van der Waals surface area contributed by atoms with Gasteiger partial charge in [-0.15, -0.1) is 0 Å². The van der Waals surface area contributed by atoms with E-state index in [0.29, 0.717) is 5.92 Å². The number of allylic oxidation sites excluding steroid dienone is 2. The van der Waals surface area contributed by atoms with Gasteiger partial charge in [-0.3, -0.25) is 4.79 Å². The number of aromatic hydroxyl groups is 1. The van der Waals surface area contributed by atoms with Crippen LogP contribution in [0, 0.1) is 11.3 Å². The molecule has 2 atom stereocenters. The van der Waals surface area contributed by atoms with Crippen LogP contribution >= 0.6 is 11.6 Å². The molecule has 0 amide bonds. The molecule has 0 aliphatic heterocycles. The van der Waals surface area contributed by atoms with Crippen LogP contribution in [0.3, 0.4) is 0 Å². The summed E-state index contributed by atoms with van der Waals surface area (Å²) in [5, 5.41) is 9.30. The van der Waals surface area contributed by atoms with Gasteiger partial charge in [0.2, 0.25) is 5.24 Å². The highest BCUT2D eigenvalue weighted by atomic mass is 35.5. The lowest BCUT2D eigenvalue weighted by atomic mass is 9.70. The summed E-state index contributed by atoms with van der Waals surface area (Å²) >= 11 is 5.31. The van der Waals surface area contributed by atoms with Crippen LogP contribution in [0.2, 0.25) is 0 Å². The van der Waals surface area contributed by atoms with Crippen LogP contribution in [-0.4, -0.2) is 22.4 Å². The van der Waals surface area contributed by atoms with Crippen molar-refractivity contribution in [3.05, 3.63) is 42.0 Å². The number of para-hydroxylation sites is 1. The normalized spacial score (nSPS) is 23.1. The molecule has 1 N–H and O–H groups in total. The first kappa shape index (κ1) is 18.5. The van der Waals surface area contributed by atoms with Gasteiger partial charge in [-0.2, -0.15) is 0 Å². The highest BCUT2D eigenvalue weighted by Crippen LogP contribution is 2.41. The van der Waals surface area contributed by atoms with E-state index in [0.717, 1.165) is 25.7 Å². The molecule has 1 saturated carbocycles. The predicted molar refractivity (Wildman–Crippen MR) is 93.0 cm³/mol. The van der Waals surface area contributed by atoms with Gasteiger partial charge in [0.05, 0.1) is 0 Å². The standard InChI is InChI=1S/C19H23ClO4/c1-19(2)11-13(6-5-9-17(20)22)10-14(12-19)24-18(23)15-7-3-4-8-16(15)21/h3-5,7-9,13-14,21H,6,10-12H2,1-2H3/b9-5+. The third-order valence-electron chi connectivity index (χ3n) is 4.33. The second kappa shape index (κ2) is 7.84. The summed E-state index contributed by atoms with van der Waals surface area (Å²) in [6, 6.07) is 6.38. The molecule has 1 aliphatic carbocycles. The molecule has 0 spiro atoms. The van der Waals surface area contributed by atoms with E-state index < -0.39 is 11.2 Å². The van der Waals surface area contributed by atoms with Crippen molar-refractivity contribution in [2.45, 2.75) is 45.6 Å². The molecule has 0 aromatic heterocycles. The lowest BCUT2D eigenvalue weighted by Gasteiger charge is -2.39. The quantitative estimate of drug-likeness (QED) is 0.484. The number of halogens is 1. The molecule has 4 nitrogen and oxygen atoms in total. The number of carbonyl (C=O) groups excluding carboxylic acids is 2. The average Bonchev–Trinajstić information content (AvgIpc) is 2.45. The predicted octanol–water partition coefficient (Wildman–Crippen LogP) is 4.46. The molecule has 0 bridgehead atoms. The smallest absolute Gasteiger partial charge is 0.342 e. The first-order chi connectivity index (χ1) is 11.3. The first-order valence-electron chi connectivity index (χ1n) is 8.12. The molecule has 1 aliphatic rings. The summed E-state index contributed by atoms with van der Waals surface area (Å²) in [4.78, 5) is 23.1. The van der Waals surface area contributed by atoms with Crippen LogP contribution in [0.1, 0.15) is 49.9 Å². The van der Waals surface area contributed by atoms with Crippen molar-refractivity contribution in [3.63, 3.8) is 0 Å². The van der Waals surface area contributed by atoms with Gasteiger partial charge in [-0.1, -0.05) is 32.1 Å². The van der Waals surface area contributed by atoms with Gasteiger partial charge in [0.25, 0.3) is 0 Å². The van der Waals surface area contributed by atoms with Gasteiger partial charge in [-0.05, 0) is 66.8 Å². The van der Waals surface area contributed by atoms with Crippen molar-refractivity contribution in [2.75, 3.05) is 0 Å². The fourth-order valence-electron chi connectivity index (χ4n) is 3.50. The lowest BCUT2D eigenvalue weighted by Crippen LogP contribution is -2.34. The Hall–Kier alpha value is -1.81. The summed E-state index contributed by atoms with van der Waals surface area (Å²) < 4.78 is 5.64. The largest absolute Gasteiger partial charge is 0.507 e. The number of rotatable bonds is 5. The van der Waals surface area contributed by atoms with Gasteiger partial charge in [0.1, 0.15) is 17.4 Å². The number of ether oxygens (including phenoxy) is 1. The Morgan fingerprint density at radius 3 is 2.71 bits per heavy atom. The Bertz CT molecular complexity index is 636. The van der Waals surface area contributed by atoms with Crippen LogP contribution in [0.15, 0.2) is 36.4 Å². The molecule has 0 radical (unpaired) electrons. The van der Waals surface area contributed by atoms with E-state index in [2.05, 4.69) is 13.8 Å². The Kier molecular flexibility index (Phi) is 6.05. The van der Waals surface area contributed by atoms with Crippen LogP contribution in [0.25, 0.3) is 0 Å². The summed E-state index contributed by atoms with van der Waals surface area (Å²) in [6.07, 6.45) is 6.19. The maximum atomic E-state index is 12.3. The van der Waals surface area contributed by atoms with Crippen LogP contribution in [-0.2, 0) is 9.53 Å². The molecule has 1 aromatic rings. The molecular weight excluding hydrogens is 328 g/mol. The number of esters is 1. The fourth-order valence-corrected chi connectivity index (χ4v) is 3.59. The Labute approximate surface area is 147 Å². The highest BCUT2D eigenvalue weighted by molar-refractivity contribution is 6.66. The maximum absolute atomic E-state index is 12.3. The zero-order chi connectivity index (χ0) is 17.7. The van der Waals surface area contributed by atoms with Gasteiger partial charge in [-0.25, -0.2) is 4.79 Å². The Balaban J connectivity index is 2.02. The molecule has 0 saturated heterocycles. The van der Waals surface area contributed by atoms with E-state index in [4.69, 9.17) is 16.3 Å². The van der Waals surface area contributed by atoms with E-state index in [1.54, 1.807) is 24.3 Å². The molecular formula is C19H23ClO4. The van der Waals surface area contributed by atoms with Crippen LogP contribution < -0.4 is 0 Å². The molecule has 2 unspecified atom stereocenters. The van der Waals surface area contributed by atoms with Gasteiger partial charge < -0.3 is 9.84 Å². The second-order valence-corrected chi connectivity index (χ2v) is 7.53. The molecule has 2 rings (SSSR count). The van der Waals surface area contributed by atoms with Crippen LogP contribution in [0.4, 0.5) is 0 Å². The molecule has 24 heavy (non-hydrogen) atoms. The number of carbonyl (C=O) groups is 2. The minimum absolute atomic E-state index is 0.0470.